The molecule has 28 heavy (non-hydrogen) atoms. The topological polar surface area (TPSA) is 73.0 Å². The molecule has 0 bridgehead atoms. The minimum Gasteiger partial charge on any atom is -0.461 e. The maximum absolute atomic E-state index is 13.1. The van der Waals surface area contributed by atoms with Gasteiger partial charge in [-0.15, -0.1) is 5.10 Å². The molecule has 0 saturated heterocycles. The SMILES string of the molecule is O=C(c1ccccc1Cl)n1nc(-c2ccco2)nc1NCc1ccc(F)cc1. The van der Waals surface area contributed by atoms with Crippen molar-refractivity contribution in [3.05, 3.63) is 88.9 Å². The maximum Gasteiger partial charge on any atom is 0.282 e. The van der Waals surface area contributed by atoms with Gasteiger partial charge < -0.3 is 9.73 Å². The first kappa shape index (κ1) is 17.9. The zero-order chi connectivity index (χ0) is 19.5. The van der Waals surface area contributed by atoms with Crippen molar-refractivity contribution in [2.24, 2.45) is 0 Å². The van der Waals surface area contributed by atoms with E-state index in [0.717, 1.165) is 10.2 Å². The number of carbonyl (C=O) groups is 1. The number of furan rings is 1. The van der Waals surface area contributed by atoms with Crippen LogP contribution in [0, 0.1) is 5.82 Å². The normalized spacial score (nSPS) is 10.8. The molecule has 4 rings (SSSR count). The fraction of sp³-hybridized carbons (Fsp3) is 0.0500. The summed E-state index contributed by atoms with van der Waals surface area (Å²) >= 11 is 6.16. The third-order valence-corrected chi connectivity index (χ3v) is 4.34. The Morgan fingerprint density at radius 3 is 2.61 bits per heavy atom. The third kappa shape index (κ3) is 3.65. The Labute approximate surface area is 164 Å². The van der Waals surface area contributed by atoms with Crippen LogP contribution in [0.3, 0.4) is 0 Å². The van der Waals surface area contributed by atoms with Crippen LogP contribution in [-0.2, 0) is 6.54 Å². The number of benzene rings is 2. The van der Waals surface area contributed by atoms with E-state index < -0.39 is 5.91 Å². The molecule has 0 amide bonds. The molecule has 8 heteroatoms. The molecular weight excluding hydrogens is 383 g/mol. The van der Waals surface area contributed by atoms with Gasteiger partial charge in [0.1, 0.15) is 5.82 Å². The summed E-state index contributed by atoms with van der Waals surface area (Å²) in [6, 6.07) is 16.1. The lowest BCUT2D eigenvalue weighted by Gasteiger charge is -2.08. The number of aromatic nitrogens is 3. The molecule has 140 valence electrons. The molecule has 0 aliphatic rings. The zero-order valence-electron chi connectivity index (χ0n) is 14.5. The molecule has 0 saturated carbocycles. The summed E-state index contributed by atoms with van der Waals surface area (Å²) in [5.74, 6) is 0.154. The molecule has 2 aromatic carbocycles. The van der Waals surface area contributed by atoms with Gasteiger partial charge in [-0.25, -0.2) is 4.39 Å². The van der Waals surface area contributed by atoms with E-state index in [1.807, 2.05) is 0 Å². The highest BCUT2D eigenvalue weighted by Crippen LogP contribution is 2.22. The number of hydrogen-bond donors (Lipinski definition) is 1. The zero-order valence-corrected chi connectivity index (χ0v) is 15.2. The average Bonchev–Trinajstić information content (AvgIpc) is 3.37. The van der Waals surface area contributed by atoms with Crippen LogP contribution in [0.15, 0.2) is 71.3 Å². The standard InChI is InChI=1S/C20H14ClFN4O2/c21-16-5-2-1-4-15(16)19(27)26-20(23-12-13-7-9-14(22)10-8-13)24-18(25-26)17-6-3-11-28-17/h1-11H,12H2,(H,23,24,25). The molecule has 0 spiro atoms. The van der Waals surface area contributed by atoms with Gasteiger partial charge in [0.25, 0.3) is 5.91 Å². The summed E-state index contributed by atoms with van der Waals surface area (Å²) in [6.07, 6.45) is 1.50. The lowest BCUT2D eigenvalue weighted by atomic mass is 10.2. The van der Waals surface area contributed by atoms with Crippen molar-refractivity contribution in [2.75, 3.05) is 5.32 Å². The maximum atomic E-state index is 13.1. The molecule has 0 unspecified atom stereocenters. The van der Waals surface area contributed by atoms with E-state index in [4.69, 9.17) is 16.0 Å². The van der Waals surface area contributed by atoms with Crippen molar-refractivity contribution in [3.63, 3.8) is 0 Å². The van der Waals surface area contributed by atoms with Crippen molar-refractivity contribution < 1.29 is 13.6 Å². The first-order chi connectivity index (χ1) is 13.6. The predicted octanol–water partition coefficient (Wildman–Crippen LogP) is 4.63. The largest absolute Gasteiger partial charge is 0.461 e. The summed E-state index contributed by atoms with van der Waals surface area (Å²) in [5, 5.41) is 7.65. The first-order valence-electron chi connectivity index (χ1n) is 8.40. The average molecular weight is 397 g/mol. The Kier molecular flexibility index (Phi) is 4.90. The molecule has 0 radical (unpaired) electrons. The number of anilines is 1. The van der Waals surface area contributed by atoms with E-state index in [-0.39, 0.29) is 17.6 Å². The molecule has 0 aliphatic heterocycles. The van der Waals surface area contributed by atoms with Gasteiger partial charge in [-0.3, -0.25) is 4.79 Å². The van der Waals surface area contributed by atoms with Crippen LogP contribution in [-0.4, -0.2) is 20.7 Å². The van der Waals surface area contributed by atoms with Gasteiger partial charge in [0.05, 0.1) is 16.8 Å². The Hall–Kier alpha value is -3.45. The summed E-state index contributed by atoms with van der Waals surface area (Å²) in [4.78, 5) is 17.4. The number of hydrogen-bond acceptors (Lipinski definition) is 5. The Morgan fingerprint density at radius 1 is 1.11 bits per heavy atom. The Morgan fingerprint density at radius 2 is 1.89 bits per heavy atom. The highest BCUT2D eigenvalue weighted by atomic mass is 35.5. The van der Waals surface area contributed by atoms with Gasteiger partial charge in [-0.1, -0.05) is 35.9 Å². The van der Waals surface area contributed by atoms with Crippen LogP contribution in [0.2, 0.25) is 5.02 Å². The molecule has 0 aliphatic carbocycles. The highest BCUT2D eigenvalue weighted by Gasteiger charge is 2.21. The fourth-order valence-electron chi connectivity index (χ4n) is 2.61. The molecule has 1 N–H and O–H groups in total. The molecule has 2 aromatic heterocycles. The van der Waals surface area contributed by atoms with Crippen molar-refractivity contribution in [2.45, 2.75) is 6.54 Å². The number of nitrogens with one attached hydrogen (secondary N) is 1. The van der Waals surface area contributed by atoms with Gasteiger partial charge in [0.15, 0.2) is 5.76 Å². The van der Waals surface area contributed by atoms with Gasteiger partial charge in [-0.05, 0) is 42.0 Å². The summed E-state index contributed by atoms with van der Waals surface area (Å²) in [6.45, 7) is 0.326. The second-order valence-electron chi connectivity index (χ2n) is 5.91. The molecule has 0 atom stereocenters. The molecular formula is C20H14ClFN4O2. The lowest BCUT2D eigenvalue weighted by molar-refractivity contribution is 0.0947. The number of rotatable bonds is 5. The summed E-state index contributed by atoms with van der Waals surface area (Å²) in [7, 11) is 0. The number of halogens is 2. The first-order valence-corrected chi connectivity index (χ1v) is 8.78. The summed E-state index contributed by atoms with van der Waals surface area (Å²) in [5.41, 5.74) is 1.12. The Balaban J connectivity index is 1.68. The minimum absolute atomic E-state index is 0.223. The lowest BCUT2D eigenvalue weighted by Crippen LogP contribution is -2.18. The van der Waals surface area contributed by atoms with E-state index in [0.29, 0.717) is 22.9 Å². The summed E-state index contributed by atoms with van der Waals surface area (Å²) < 4.78 is 19.6. The van der Waals surface area contributed by atoms with Gasteiger partial charge in [0, 0.05) is 6.54 Å². The van der Waals surface area contributed by atoms with Gasteiger partial charge in [0.2, 0.25) is 11.8 Å². The van der Waals surface area contributed by atoms with Gasteiger partial charge >= 0.3 is 0 Å². The molecule has 4 aromatic rings. The number of carbonyl (C=O) groups excluding carboxylic acids is 1. The number of nitrogens with zero attached hydrogens (tertiary/aromatic N) is 3. The minimum atomic E-state index is -0.433. The second kappa shape index (κ2) is 7.66. The molecule has 6 nitrogen and oxygen atoms in total. The van der Waals surface area contributed by atoms with Crippen LogP contribution in [0.25, 0.3) is 11.6 Å². The predicted molar refractivity (Wildman–Crippen MR) is 103 cm³/mol. The van der Waals surface area contributed by atoms with E-state index in [1.165, 1.54) is 18.4 Å². The monoisotopic (exact) mass is 396 g/mol. The van der Waals surface area contributed by atoms with Crippen LogP contribution in [0.1, 0.15) is 15.9 Å². The highest BCUT2D eigenvalue weighted by molar-refractivity contribution is 6.33. The van der Waals surface area contributed by atoms with E-state index in [2.05, 4.69) is 15.4 Å². The second-order valence-corrected chi connectivity index (χ2v) is 6.32. The van der Waals surface area contributed by atoms with E-state index >= 15 is 0 Å². The molecule has 2 heterocycles. The Bertz CT molecular complexity index is 1110. The van der Waals surface area contributed by atoms with Crippen LogP contribution in [0.5, 0.6) is 0 Å². The third-order valence-electron chi connectivity index (χ3n) is 4.01. The van der Waals surface area contributed by atoms with Crippen LogP contribution >= 0.6 is 11.6 Å². The molecule has 0 fully saturated rings. The van der Waals surface area contributed by atoms with E-state index in [9.17, 15) is 9.18 Å². The quantitative estimate of drug-likeness (QED) is 0.532. The van der Waals surface area contributed by atoms with Gasteiger partial charge in [-0.2, -0.15) is 9.67 Å². The van der Waals surface area contributed by atoms with Crippen LogP contribution < -0.4 is 5.32 Å². The fourth-order valence-corrected chi connectivity index (χ4v) is 2.83. The van der Waals surface area contributed by atoms with Crippen molar-refractivity contribution in [3.8, 4) is 11.6 Å². The smallest absolute Gasteiger partial charge is 0.282 e. The van der Waals surface area contributed by atoms with Crippen molar-refractivity contribution >= 4 is 23.5 Å². The van der Waals surface area contributed by atoms with Crippen molar-refractivity contribution in [1.82, 2.24) is 14.8 Å². The van der Waals surface area contributed by atoms with E-state index in [1.54, 1.807) is 48.5 Å². The van der Waals surface area contributed by atoms with Crippen LogP contribution in [0.4, 0.5) is 10.3 Å². The van der Waals surface area contributed by atoms with Crippen molar-refractivity contribution in [1.29, 1.82) is 0 Å².